The standard InChI is InChI=1S/C12H14ClN5O3S2/c1-4-21-10-8(23(3,19)20)6-5-7(9(10)13)11(22)14-12-15-16-17-18(12)2/h5-6H,4H2,1-3H3,(H,14,15,17,22). The lowest BCUT2D eigenvalue weighted by Gasteiger charge is -2.15. The number of hydrogen-bond acceptors (Lipinski definition) is 7. The van der Waals surface area contributed by atoms with Gasteiger partial charge in [0.1, 0.15) is 9.88 Å². The van der Waals surface area contributed by atoms with Gasteiger partial charge in [-0.05, 0) is 29.5 Å². The molecule has 0 amide bonds. The highest BCUT2D eigenvalue weighted by Gasteiger charge is 2.22. The summed E-state index contributed by atoms with van der Waals surface area (Å²) in [4.78, 5) is 0.255. The third kappa shape index (κ3) is 3.77. The molecule has 1 aromatic heterocycles. The van der Waals surface area contributed by atoms with Gasteiger partial charge >= 0.3 is 0 Å². The summed E-state index contributed by atoms with van der Waals surface area (Å²) in [7, 11) is -1.84. The van der Waals surface area contributed by atoms with E-state index in [1.807, 2.05) is 0 Å². The molecular weight excluding hydrogens is 362 g/mol. The van der Waals surface area contributed by atoms with E-state index >= 15 is 0 Å². The van der Waals surface area contributed by atoms with E-state index in [2.05, 4.69) is 20.8 Å². The highest BCUT2D eigenvalue weighted by molar-refractivity contribution is 7.90. The van der Waals surface area contributed by atoms with E-state index in [1.165, 1.54) is 16.8 Å². The normalized spacial score (nSPS) is 11.3. The molecule has 0 aliphatic heterocycles. The minimum absolute atomic E-state index is 0.0104. The van der Waals surface area contributed by atoms with Gasteiger partial charge in [0.15, 0.2) is 15.6 Å². The zero-order chi connectivity index (χ0) is 17.2. The summed E-state index contributed by atoms with van der Waals surface area (Å²) < 4.78 is 30.5. The van der Waals surface area contributed by atoms with Crippen LogP contribution < -0.4 is 10.1 Å². The number of anilines is 1. The van der Waals surface area contributed by atoms with Crippen LogP contribution in [-0.4, -0.2) is 46.5 Å². The Morgan fingerprint density at radius 1 is 1.48 bits per heavy atom. The second-order valence-electron chi connectivity index (χ2n) is 4.54. The third-order valence-corrected chi connectivity index (χ3v) is 4.66. The fourth-order valence-corrected chi connectivity index (χ4v) is 3.29. The average Bonchev–Trinajstić information content (AvgIpc) is 2.85. The molecule has 1 aromatic carbocycles. The number of nitrogens with one attached hydrogen (secondary N) is 1. The number of sulfone groups is 1. The van der Waals surface area contributed by atoms with E-state index in [0.717, 1.165) is 6.26 Å². The van der Waals surface area contributed by atoms with Crippen molar-refractivity contribution in [2.75, 3.05) is 18.2 Å². The van der Waals surface area contributed by atoms with Crippen molar-refractivity contribution in [2.45, 2.75) is 11.8 Å². The molecule has 0 atom stereocenters. The first-order valence-electron chi connectivity index (χ1n) is 6.44. The quantitative estimate of drug-likeness (QED) is 0.784. The van der Waals surface area contributed by atoms with Gasteiger partial charge in [-0.25, -0.2) is 13.1 Å². The molecule has 8 nitrogen and oxygen atoms in total. The zero-order valence-electron chi connectivity index (χ0n) is 12.6. The Kier molecular flexibility index (Phi) is 5.17. The molecule has 0 unspecified atom stereocenters. The first kappa shape index (κ1) is 17.6. The van der Waals surface area contributed by atoms with E-state index in [-0.39, 0.29) is 27.3 Å². The Balaban J connectivity index is 2.46. The van der Waals surface area contributed by atoms with Gasteiger partial charge in [-0.2, -0.15) is 0 Å². The van der Waals surface area contributed by atoms with E-state index in [1.54, 1.807) is 14.0 Å². The van der Waals surface area contributed by atoms with Gasteiger partial charge in [0.25, 0.3) is 0 Å². The summed E-state index contributed by atoms with van der Waals surface area (Å²) in [5.41, 5.74) is 0.417. The Morgan fingerprint density at radius 3 is 2.70 bits per heavy atom. The molecule has 2 rings (SSSR count). The maximum absolute atomic E-state index is 11.8. The van der Waals surface area contributed by atoms with Crippen molar-refractivity contribution in [3.05, 3.63) is 22.7 Å². The van der Waals surface area contributed by atoms with E-state index in [9.17, 15) is 8.42 Å². The number of hydrogen-bond donors (Lipinski definition) is 1. The Bertz CT molecular complexity index is 850. The number of rotatable bonds is 5. The largest absolute Gasteiger partial charge is 0.491 e. The molecule has 0 saturated carbocycles. The molecule has 0 saturated heterocycles. The molecule has 1 heterocycles. The number of thiocarbonyl (C=S) groups is 1. The van der Waals surface area contributed by atoms with Gasteiger partial charge < -0.3 is 10.1 Å². The number of ether oxygens (including phenoxy) is 1. The van der Waals surface area contributed by atoms with Crippen molar-refractivity contribution in [3.63, 3.8) is 0 Å². The van der Waals surface area contributed by atoms with Gasteiger partial charge in [-0.1, -0.05) is 28.9 Å². The SMILES string of the molecule is CCOc1c(S(C)(=O)=O)ccc(C(=S)Nc2nnnn2C)c1Cl. The number of aryl methyl sites for hydroxylation is 1. The number of aromatic nitrogens is 4. The molecule has 124 valence electrons. The summed E-state index contributed by atoms with van der Waals surface area (Å²) in [5.74, 6) is 0.408. The fourth-order valence-electron chi connectivity index (χ4n) is 1.79. The Hall–Kier alpha value is -1.78. The average molecular weight is 376 g/mol. The van der Waals surface area contributed by atoms with Crippen LogP contribution in [0.5, 0.6) is 5.75 Å². The summed E-state index contributed by atoms with van der Waals surface area (Å²) in [6.45, 7) is 2.00. The van der Waals surface area contributed by atoms with Crippen LogP contribution in [-0.2, 0) is 16.9 Å². The van der Waals surface area contributed by atoms with Gasteiger partial charge in [-0.3, -0.25) is 0 Å². The second kappa shape index (κ2) is 6.77. The van der Waals surface area contributed by atoms with E-state index < -0.39 is 9.84 Å². The number of nitrogens with zero attached hydrogens (tertiary/aromatic N) is 4. The van der Waals surface area contributed by atoms with Crippen LogP contribution in [0, 0.1) is 0 Å². The van der Waals surface area contributed by atoms with E-state index in [4.69, 9.17) is 28.6 Å². The molecule has 0 bridgehead atoms. The first-order valence-corrected chi connectivity index (χ1v) is 9.12. The summed E-state index contributed by atoms with van der Waals surface area (Å²) in [6.07, 6.45) is 1.09. The molecule has 23 heavy (non-hydrogen) atoms. The number of tetrazole rings is 1. The molecule has 0 spiro atoms. The lowest BCUT2D eigenvalue weighted by Crippen LogP contribution is -2.16. The fraction of sp³-hybridized carbons (Fsp3) is 0.333. The van der Waals surface area contributed by atoms with E-state index in [0.29, 0.717) is 11.5 Å². The molecule has 2 aromatic rings. The number of benzene rings is 1. The molecule has 11 heteroatoms. The van der Waals surface area contributed by atoms with Crippen molar-refractivity contribution < 1.29 is 13.2 Å². The van der Waals surface area contributed by atoms with Crippen LogP contribution >= 0.6 is 23.8 Å². The predicted octanol–water partition coefficient (Wildman–Crippen LogP) is 1.45. The Morgan fingerprint density at radius 2 is 2.17 bits per heavy atom. The van der Waals surface area contributed by atoms with Crippen LogP contribution in [0.4, 0.5) is 5.95 Å². The molecular formula is C12H14ClN5O3S2. The minimum atomic E-state index is -3.49. The lowest BCUT2D eigenvalue weighted by molar-refractivity contribution is 0.331. The van der Waals surface area contributed by atoms with Crippen LogP contribution in [0.2, 0.25) is 5.02 Å². The Labute approximate surface area is 143 Å². The van der Waals surface area contributed by atoms with Crippen LogP contribution in [0.1, 0.15) is 12.5 Å². The van der Waals surface area contributed by atoms with Crippen molar-refractivity contribution in [1.82, 2.24) is 20.2 Å². The van der Waals surface area contributed by atoms with Gasteiger partial charge in [0.05, 0.1) is 11.6 Å². The topological polar surface area (TPSA) is 99.0 Å². The van der Waals surface area contributed by atoms with Crippen molar-refractivity contribution in [3.8, 4) is 5.75 Å². The van der Waals surface area contributed by atoms with Crippen molar-refractivity contribution in [2.24, 2.45) is 7.05 Å². The second-order valence-corrected chi connectivity index (χ2v) is 7.31. The van der Waals surface area contributed by atoms with Crippen LogP contribution in [0.15, 0.2) is 17.0 Å². The minimum Gasteiger partial charge on any atom is -0.491 e. The highest BCUT2D eigenvalue weighted by Crippen LogP contribution is 2.35. The van der Waals surface area contributed by atoms with Crippen LogP contribution in [0.3, 0.4) is 0 Å². The molecule has 0 radical (unpaired) electrons. The van der Waals surface area contributed by atoms with Crippen molar-refractivity contribution in [1.29, 1.82) is 0 Å². The maximum Gasteiger partial charge on any atom is 0.247 e. The van der Waals surface area contributed by atoms with Gasteiger partial charge in [0.2, 0.25) is 5.95 Å². The summed E-state index contributed by atoms with van der Waals surface area (Å²) >= 11 is 11.6. The molecule has 0 aliphatic carbocycles. The number of halogens is 1. The zero-order valence-corrected chi connectivity index (χ0v) is 15.0. The third-order valence-electron chi connectivity index (χ3n) is 2.84. The predicted molar refractivity (Wildman–Crippen MR) is 89.9 cm³/mol. The molecule has 0 fully saturated rings. The highest BCUT2D eigenvalue weighted by atomic mass is 35.5. The smallest absolute Gasteiger partial charge is 0.247 e. The van der Waals surface area contributed by atoms with Gasteiger partial charge in [-0.15, -0.1) is 0 Å². The van der Waals surface area contributed by atoms with Crippen molar-refractivity contribution >= 4 is 44.6 Å². The maximum atomic E-state index is 11.8. The summed E-state index contributed by atoms with van der Waals surface area (Å²) in [6, 6.07) is 2.92. The molecule has 0 aliphatic rings. The lowest BCUT2D eigenvalue weighted by atomic mass is 10.2. The van der Waals surface area contributed by atoms with Crippen LogP contribution in [0.25, 0.3) is 0 Å². The molecule has 1 N–H and O–H groups in total. The van der Waals surface area contributed by atoms with Gasteiger partial charge in [0, 0.05) is 18.9 Å². The monoisotopic (exact) mass is 375 g/mol. The summed E-state index contributed by atoms with van der Waals surface area (Å²) in [5, 5.41) is 13.9. The first-order chi connectivity index (χ1) is 10.8.